The lowest BCUT2D eigenvalue weighted by atomic mass is 9.99. The van der Waals surface area contributed by atoms with Crippen LogP contribution in [0.2, 0.25) is 0 Å². The maximum Gasteiger partial charge on any atom is 0.288 e. The third-order valence-electron chi connectivity index (χ3n) is 5.01. The van der Waals surface area contributed by atoms with Crippen LogP contribution in [-0.2, 0) is 0 Å². The Bertz CT molecular complexity index is 1110. The highest BCUT2D eigenvalue weighted by atomic mass is 16.5. The highest BCUT2D eigenvalue weighted by Crippen LogP contribution is 2.32. The molecule has 3 aromatic rings. The molecule has 1 aliphatic rings. The molecule has 0 aliphatic carbocycles. The summed E-state index contributed by atoms with van der Waals surface area (Å²) in [5.41, 5.74) is 2.38. The lowest BCUT2D eigenvalue weighted by Crippen LogP contribution is -2.22. The van der Waals surface area contributed by atoms with Gasteiger partial charge in [0.15, 0.2) is 5.43 Å². The van der Waals surface area contributed by atoms with Crippen LogP contribution in [0.25, 0.3) is 11.0 Å². The van der Waals surface area contributed by atoms with Crippen molar-refractivity contribution in [3.8, 4) is 5.75 Å². The fourth-order valence-corrected chi connectivity index (χ4v) is 3.47. The van der Waals surface area contributed by atoms with Crippen LogP contribution in [0.5, 0.6) is 5.75 Å². The third kappa shape index (κ3) is 3.28. The van der Waals surface area contributed by atoms with Gasteiger partial charge in [-0.2, -0.15) is 0 Å². The minimum Gasteiger partial charge on any atom is -0.494 e. The van der Waals surface area contributed by atoms with Gasteiger partial charge in [0.1, 0.15) is 11.3 Å². The van der Waals surface area contributed by atoms with Crippen LogP contribution in [0.3, 0.4) is 0 Å². The van der Waals surface area contributed by atoms with Gasteiger partial charge in [-0.1, -0.05) is 37.6 Å². The molecule has 5 heteroatoms. The Hall–Kier alpha value is -3.08. The predicted molar refractivity (Wildman–Crippen MR) is 108 cm³/mol. The van der Waals surface area contributed by atoms with E-state index in [0.29, 0.717) is 29.1 Å². The van der Waals surface area contributed by atoms with Crippen molar-refractivity contribution in [2.75, 3.05) is 6.61 Å². The van der Waals surface area contributed by atoms with Gasteiger partial charge in [-0.25, -0.2) is 0 Å². The lowest BCUT2D eigenvalue weighted by molar-refractivity contribution is 0.0938. The molecule has 0 fully saturated rings. The number of rotatable bonds is 5. The van der Waals surface area contributed by atoms with E-state index in [0.717, 1.165) is 23.3 Å². The van der Waals surface area contributed by atoms with E-state index in [1.165, 1.54) is 0 Å². The lowest BCUT2D eigenvalue weighted by Gasteiger charge is -2.14. The number of carbonyl (C=O) groups excluding carboxylic acids is 1. The monoisotopic (exact) mass is 377 g/mol. The molecule has 1 aliphatic heterocycles. The first-order valence-corrected chi connectivity index (χ1v) is 9.55. The number of ether oxygens (including phenoxy) is 1. The number of aryl methyl sites for hydroxylation is 1. The molecule has 1 atom stereocenters. The summed E-state index contributed by atoms with van der Waals surface area (Å²) in [6.07, 6.45) is 0.960. The van der Waals surface area contributed by atoms with Crippen LogP contribution in [-0.4, -0.2) is 12.5 Å². The van der Waals surface area contributed by atoms with Gasteiger partial charge >= 0.3 is 0 Å². The summed E-state index contributed by atoms with van der Waals surface area (Å²) < 4.78 is 11.6. The normalized spacial score (nSPS) is 15.7. The summed E-state index contributed by atoms with van der Waals surface area (Å²) in [7, 11) is 0. The predicted octanol–water partition coefficient (Wildman–Crippen LogP) is 4.36. The Labute approximate surface area is 163 Å². The SMILES string of the molecule is Cc1ccc2oc3c(c(=O)c2c1)C(c1cccc(OCCC(C)C)c1)NC3=O. The van der Waals surface area contributed by atoms with Gasteiger partial charge in [0.25, 0.3) is 5.91 Å². The zero-order chi connectivity index (χ0) is 19.8. The average molecular weight is 377 g/mol. The summed E-state index contributed by atoms with van der Waals surface area (Å²) in [6, 6.07) is 12.4. The van der Waals surface area contributed by atoms with Crippen molar-refractivity contribution in [1.82, 2.24) is 5.32 Å². The summed E-state index contributed by atoms with van der Waals surface area (Å²) in [4.78, 5) is 25.6. The summed E-state index contributed by atoms with van der Waals surface area (Å²) in [6.45, 7) is 6.85. The molecular formula is C23H23NO4. The van der Waals surface area contributed by atoms with Crippen molar-refractivity contribution >= 4 is 16.9 Å². The number of nitrogens with one attached hydrogen (secondary N) is 1. The number of fused-ring (bicyclic) bond motifs is 2. The first-order valence-electron chi connectivity index (χ1n) is 9.55. The number of benzene rings is 2. The minimum absolute atomic E-state index is 0.0949. The van der Waals surface area contributed by atoms with Crippen molar-refractivity contribution in [3.05, 3.63) is 75.1 Å². The van der Waals surface area contributed by atoms with E-state index in [9.17, 15) is 9.59 Å². The standard InChI is InChI=1S/C23H23NO4/c1-13(2)9-10-27-16-6-4-5-15(12-16)20-19-21(25)17-11-14(3)7-8-18(17)28-22(19)23(26)24-20/h4-8,11-13,20H,9-10H2,1-3H3,(H,24,26). The smallest absolute Gasteiger partial charge is 0.288 e. The average Bonchev–Trinajstić information content (AvgIpc) is 2.99. The highest BCUT2D eigenvalue weighted by molar-refractivity contribution is 5.99. The first kappa shape index (κ1) is 18.3. The molecule has 5 nitrogen and oxygen atoms in total. The van der Waals surface area contributed by atoms with Crippen LogP contribution in [0.15, 0.2) is 51.7 Å². The van der Waals surface area contributed by atoms with E-state index in [-0.39, 0.29) is 17.1 Å². The maximum absolute atomic E-state index is 13.2. The van der Waals surface area contributed by atoms with E-state index in [1.54, 1.807) is 12.1 Å². The molecule has 2 heterocycles. The molecule has 0 saturated heterocycles. The largest absolute Gasteiger partial charge is 0.494 e. The van der Waals surface area contributed by atoms with E-state index < -0.39 is 6.04 Å². The third-order valence-corrected chi connectivity index (χ3v) is 5.01. The summed E-state index contributed by atoms with van der Waals surface area (Å²) in [5.74, 6) is 1.01. The van der Waals surface area contributed by atoms with Crippen molar-refractivity contribution in [2.24, 2.45) is 5.92 Å². The van der Waals surface area contributed by atoms with Gasteiger partial charge in [0.05, 0.1) is 23.6 Å². The Balaban J connectivity index is 1.74. The number of carbonyl (C=O) groups is 1. The quantitative estimate of drug-likeness (QED) is 0.717. The molecule has 28 heavy (non-hydrogen) atoms. The van der Waals surface area contributed by atoms with E-state index in [2.05, 4.69) is 19.2 Å². The molecular weight excluding hydrogens is 354 g/mol. The second-order valence-corrected chi connectivity index (χ2v) is 7.68. The van der Waals surface area contributed by atoms with Crippen LogP contribution >= 0.6 is 0 Å². The molecule has 1 unspecified atom stereocenters. The van der Waals surface area contributed by atoms with Gasteiger partial charge in [-0.3, -0.25) is 9.59 Å². The van der Waals surface area contributed by atoms with Crippen molar-refractivity contribution in [3.63, 3.8) is 0 Å². The fraction of sp³-hybridized carbons (Fsp3) is 0.304. The summed E-state index contributed by atoms with van der Waals surface area (Å²) in [5, 5.41) is 3.37. The van der Waals surface area contributed by atoms with Gasteiger partial charge in [0.2, 0.25) is 5.76 Å². The molecule has 144 valence electrons. The Morgan fingerprint density at radius 2 is 1.96 bits per heavy atom. The van der Waals surface area contributed by atoms with Gasteiger partial charge < -0.3 is 14.5 Å². The number of hydrogen-bond donors (Lipinski definition) is 1. The molecule has 0 bridgehead atoms. The molecule has 0 radical (unpaired) electrons. The zero-order valence-corrected chi connectivity index (χ0v) is 16.2. The second kappa shape index (κ2) is 7.15. The Morgan fingerprint density at radius 1 is 1.14 bits per heavy atom. The second-order valence-electron chi connectivity index (χ2n) is 7.68. The van der Waals surface area contributed by atoms with Crippen LogP contribution in [0, 0.1) is 12.8 Å². The highest BCUT2D eigenvalue weighted by Gasteiger charge is 2.36. The van der Waals surface area contributed by atoms with Crippen LogP contribution < -0.4 is 15.5 Å². The van der Waals surface area contributed by atoms with Crippen molar-refractivity contribution < 1.29 is 13.9 Å². The van der Waals surface area contributed by atoms with Gasteiger partial charge in [-0.15, -0.1) is 0 Å². The van der Waals surface area contributed by atoms with Crippen LogP contribution in [0.4, 0.5) is 0 Å². The Kier molecular flexibility index (Phi) is 4.67. The van der Waals surface area contributed by atoms with Crippen molar-refractivity contribution in [2.45, 2.75) is 33.2 Å². The van der Waals surface area contributed by atoms with E-state index >= 15 is 0 Å². The molecule has 1 N–H and O–H groups in total. The van der Waals surface area contributed by atoms with Crippen LogP contribution in [0.1, 0.15) is 53.6 Å². The van der Waals surface area contributed by atoms with Gasteiger partial charge in [0, 0.05) is 0 Å². The number of hydrogen-bond acceptors (Lipinski definition) is 4. The molecule has 4 rings (SSSR count). The van der Waals surface area contributed by atoms with Gasteiger partial charge in [-0.05, 0) is 49.1 Å². The zero-order valence-electron chi connectivity index (χ0n) is 16.2. The van der Waals surface area contributed by atoms with Crippen molar-refractivity contribution in [1.29, 1.82) is 0 Å². The fourth-order valence-electron chi connectivity index (χ4n) is 3.47. The molecule has 1 amide bonds. The Morgan fingerprint density at radius 3 is 2.75 bits per heavy atom. The van der Waals surface area contributed by atoms with E-state index in [4.69, 9.17) is 9.15 Å². The number of amides is 1. The summed E-state index contributed by atoms with van der Waals surface area (Å²) >= 11 is 0. The topological polar surface area (TPSA) is 68.5 Å². The molecule has 0 spiro atoms. The molecule has 0 saturated carbocycles. The molecule has 1 aromatic heterocycles. The maximum atomic E-state index is 13.2. The van der Waals surface area contributed by atoms with E-state index in [1.807, 2.05) is 37.3 Å². The minimum atomic E-state index is -0.544. The molecule has 2 aromatic carbocycles. The first-order chi connectivity index (χ1) is 13.4.